The maximum absolute atomic E-state index is 12.3. The second kappa shape index (κ2) is 6.16. The number of fused-ring (bicyclic) bond motifs is 1. The third-order valence-corrected chi connectivity index (χ3v) is 4.81. The maximum Gasteiger partial charge on any atom is 0.229 e. The molecule has 4 rings (SSSR count). The Hall–Kier alpha value is -2.54. The minimum atomic E-state index is -0.356. The predicted octanol–water partition coefficient (Wildman–Crippen LogP) is 2.51. The number of nitrogens with zero attached hydrogens (tertiary/aromatic N) is 1. The molecular formula is C17H16N2O4S. The third-order valence-electron chi connectivity index (χ3n) is 4.12. The summed E-state index contributed by atoms with van der Waals surface area (Å²) in [6.07, 6.45) is 0.213. The Balaban J connectivity index is 1.49. The van der Waals surface area contributed by atoms with Crippen LogP contribution in [0.5, 0.6) is 11.5 Å². The monoisotopic (exact) mass is 344 g/mol. The molecule has 24 heavy (non-hydrogen) atoms. The highest BCUT2D eigenvalue weighted by molar-refractivity contribution is 7.08. The molecule has 3 heterocycles. The van der Waals surface area contributed by atoms with Gasteiger partial charge in [0.1, 0.15) is 13.2 Å². The number of thiophene rings is 1. The number of anilines is 2. The van der Waals surface area contributed by atoms with E-state index in [0.29, 0.717) is 31.3 Å². The van der Waals surface area contributed by atoms with Gasteiger partial charge in [0, 0.05) is 30.1 Å². The summed E-state index contributed by atoms with van der Waals surface area (Å²) in [5.41, 5.74) is 1.50. The number of benzene rings is 1. The van der Waals surface area contributed by atoms with Crippen molar-refractivity contribution in [3.05, 3.63) is 35.0 Å². The minimum Gasteiger partial charge on any atom is -0.486 e. The normalized spacial score (nSPS) is 19.4. The van der Waals surface area contributed by atoms with Crippen molar-refractivity contribution >= 4 is 34.5 Å². The first-order valence-corrected chi connectivity index (χ1v) is 8.68. The summed E-state index contributed by atoms with van der Waals surface area (Å²) >= 11 is 1.52. The van der Waals surface area contributed by atoms with Crippen LogP contribution in [0, 0.1) is 5.92 Å². The molecule has 0 radical (unpaired) electrons. The molecule has 2 aliphatic heterocycles. The summed E-state index contributed by atoms with van der Waals surface area (Å²) in [4.78, 5) is 26.3. The number of carbonyl (C=O) groups excluding carboxylic acids is 2. The highest BCUT2D eigenvalue weighted by Crippen LogP contribution is 2.36. The van der Waals surface area contributed by atoms with Crippen LogP contribution in [-0.2, 0) is 9.59 Å². The van der Waals surface area contributed by atoms with E-state index in [1.54, 1.807) is 17.0 Å². The van der Waals surface area contributed by atoms with Gasteiger partial charge in [0.15, 0.2) is 11.5 Å². The quantitative estimate of drug-likeness (QED) is 0.929. The van der Waals surface area contributed by atoms with Crippen molar-refractivity contribution in [1.29, 1.82) is 0 Å². The van der Waals surface area contributed by atoms with E-state index >= 15 is 0 Å². The maximum atomic E-state index is 12.3. The average molecular weight is 344 g/mol. The molecule has 124 valence electrons. The lowest BCUT2D eigenvalue weighted by Crippen LogP contribution is -2.28. The molecule has 1 saturated heterocycles. The first kappa shape index (κ1) is 15.0. The summed E-state index contributed by atoms with van der Waals surface area (Å²) in [6, 6.07) is 7.27. The van der Waals surface area contributed by atoms with Crippen LogP contribution in [0.15, 0.2) is 35.0 Å². The molecule has 2 aromatic rings. The van der Waals surface area contributed by atoms with E-state index in [9.17, 15) is 9.59 Å². The summed E-state index contributed by atoms with van der Waals surface area (Å²) in [6.45, 7) is 1.39. The molecule has 0 aliphatic carbocycles. The zero-order valence-electron chi connectivity index (χ0n) is 12.9. The molecule has 0 spiro atoms. The number of hydrogen-bond acceptors (Lipinski definition) is 5. The molecule has 1 atom stereocenters. The summed E-state index contributed by atoms with van der Waals surface area (Å²) in [5.74, 6) is 0.783. The van der Waals surface area contributed by atoms with Crippen molar-refractivity contribution < 1.29 is 19.1 Å². The fourth-order valence-corrected chi connectivity index (χ4v) is 3.50. The molecule has 6 nitrogen and oxygen atoms in total. The second-order valence-electron chi connectivity index (χ2n) is 5.73. The Labute approximate surface area is 143 Å². The number of nitrogens with one attached hydrogen (secondary N) is 1. The Bertz CT molecular complexity index is 775. The summed E-state index contributed by atoms with van der Waals surface area (Å²) in [5, 5.41) is 6.62. The average Bonchev–Trinajstić information content (AvgIpc) is 3.24. The molecule has 0 saturated carbocycles. The zero-order chi connectivity index (χ0) is 16.5. The number of carbonyl (C=O) groups is 2. The van der Waals surface area contributed by atoms with Crippen LogP contribution in [0.1, 0.15) is 6.42 Å². The SMILES string of the molecule is O=C(Nc1ccsc1)C1CC(=O)N(c2ccc3c(c2)OCCO3)C1. The van der Waals surface area contributed by atoms with Gasteiger partial charge < -0.3 is 19.7 Å². The van der Waals surface area contributed by atoms with E-state index in [-0.39, 0.29) is 24.2 Å². The first-order valence-electron chi connectivity index (χ1n) is 7.74. The van der Waals surface area contributed by atoms with E-state index in [2.05, 4.69) is 5.32 Å². The summed E-state index contributed by atoms with van der Waals surface area (Å²) in [7, 11) is 0. The Morgan fingerprint density at radius 1 is 1.21 bits per heavy atom. The smallest absolute Gasteiger partial charge is 0.229 e. The van der Waals surface area contributed by atoms with Crippen molar-refractivity contribution in [2.24, 2.45) is 5.92 Å². The Morgan fingerprint density at radius 3 is 2.83 bits per heavy atom. The molecule has 7 heteroatoms. The van der Waals surface area contributed by atoms with Crippen LogP contribution in [0.25, 0.3) is 0 Å². The molecule has 2 aliphatic rings. The van der Waals surface area contributed by atoms with Crippen molar-refractivity contribution in [3.63, 3.8) is 0 Å². The van der Waals surface area contributed by atoms with Gasteiger partial charge >= 0.3 is 0 Å². The minimum absolute atomic E-state index is 0.0582. The first-order chi connectivity index (χ1) is 11.7. The standard InChI is InChI=1S/C17H16N2O4S/c20-16-7-11(17(21)18-12-3-6-24-10-12)9-19(16)13-1-2-14-15(8-13)23-5-4-22-14/h1-3,6,8,10-11H,4-5,7,9H2,(H,18,21). The van der Waals surface area contributed by atoms with E-state index in [0.717, 1.165) is 11.4 Å². The number of amides is 2. The van der Waals surface area contributed by atoms with Crippen molar-refractivity contribution in [2.45, 2.75) is 6.42 Å². The number of rotatable bonds is 3. The fourth-order valence-electron chi connectivity index (χ4n) is 2.91. The van der Waals surface area contributed by atoms with E-state index < -0.39 is 0 Å². The Kier molecular flexibility index (Phi) is 3.86. The lowest BCUT2D eigenvalue weighted by molar-refractivity contribution is -0.122. The molecule has 2 amide bonds. The van der Waals surface area contributed by atoms with Gasteiger partial charge in [-0.25, -0.2) is 0 Å². The van der Waals surface area contributed by atoms with E-state index in [1.165, 1.54) is 11.3 Å². The van der Waals surface area contributed by atoms with Gasteiger partial charge in [0.2, 0.25) is 11.8 Å². The van der Waals surface area contributed by atoms with Crippen LogP contribution < -0.4 is 19.7 Å². The van der Waals surface area contributed by atoms with Crippen LogP contribution in [-0.4, -0.2) is 31.6 Å². The van der Waals surface area contributed by atoms with Crippen LogP contribution >= 0.6 is 11.3 Å². The van der Waals surface area contributed by atoms with Crippen LogP contribution in [0.2, 0.25) is 0 Å². The summed E-state index contributed by atoms with van der Waals surface area (Å²) < 4.78 is 11.1. The fraction of sp³-hybridized carbons (Fsp3) is 0.294. The van der Waals surface area contributed by atoms with Gasteiger partial charge in [-0.15, -0.1) is 0 Å². The van der Waals surface area contributed by atoms with Crippen molar-refractivity contribution in [3.8, 4) is 11.5 Å². The van der Waals surface area contributed by atoms with Crippen LogP contribution in [0.4, 0.5) is 11.4 Å². The molecule has 1 fully saturated rings. The molecule has 1 N–H and O–H groups in total. The van der Waals surface area contributed by atoms with Crippen molar-refractivity contribution in [1.82, 2.24) is 0 Å². The number of hydrogen-bond donors (Lipinski definition) is 1. The van der Waals surface area contributed by atoms with Gasteiger partial charge in [-0.3, -0.25) is 9.59 Å². The van der Waals surface area contributed by atoms with Gasteiger partial charge in [0.25, 0.3) is 0 Å². The lowest BCUT2D eigenvalue weighted by Gasteiger charge is -2.22. The molecule has 1 aromatic carbocycles. The zero-order valence-corrected chi connectivity index (χ0v) is 13.7. The molecular weight excluding hydrogens is 328 g/mol. The van der Waals surface area contributed by atoms with Gasteiger partial charge in [-0.1, -0.05) is 0 Å². The molecule has 1 unspecified atom stereocenters. The lowest BCUT2D eigenvalue weighted by atomic mass is 10.1. The topological polar surface area (TPSA) is 67.9 Å². The number of ether oxygens (including phenoxy) is 2. The van der Waals surface area contributed by atoms with Gasteiger partial charge in [-0.2, -0.15) is 11.3 Å². The molecule has 1 aromatic heterocycles. The van der Waals surface area contributed by atoms with Gasteiger partial charge in [-0.05, 0) is 23.6 Å². The molecule has 0 bridgehead atoms. The van der Waals surface area contributed by atoms with E-state index in [4.69, 9.17) is 9.47 Å². The van der Waals surface area contributed by atoms with Crippen LogP contribution in [0.3, 0.4) is 0 Å². The Morgan fingerprint density at radius 2 is 2.04 bits per heavy atom. The van der Waals surface area contributed by atoms with E-state index in [1.807, 2.05) is 22.9 Å². The predicted molar refractivity (Wildman–Crippen MR) is 90.8 cm³/mol. The highest BCUT2D eigenvalue weighted by Gasteiger charge is 2.35. The third kappa shape index (κ3) is 2.82. The highest BCUT2D eigenvalue weighted by atomic mass is 32.1. The second-order valence-corrected chi connectivity index (χ2v) is 6.51. The van der Waals surface area contributed by atoms with Gasteiger partial charge in [0.05, 0.1) is 11.6 Å². The largest absolute Gasteiger partial charge is 0.486 e. The van der Waals surface area contributed by atoms with Crippen molar-refractivity contribution in [2.75, 3.05) is 30.0 Å².